The van der Waals surface area contributed by atoms with Crippen LogP contribution in [0.1, 0.15) is 76.7 Å². The number of unbranched alkanes of at least 4 members (excludes halogenated alkanes) is 8. The molecular weight excluding hydrogens is 362 g/mol. The van der Waals surface area contributed by atoms with E-state index in [0.29, 0.717) is 11.4 Å². The van der Waals surface area contributed by atoms with Crippen LogP contribution in [0.25, 0.3) is 0 Å². The predicted octanol–water partition coefficient (Wildman–Crippen LogP) is 4.83. The molecule has 0 radical (unpaired) electrons. The number of benzene rings is 1. The quantitative estimate of drug-likeness (QED) is 0.270. The molecule has 0 unspecified atom stereocenters. The molecule has 0 heterocycles. The first kappa shape index (κ1) is 23.2. The zero-order valence-corrected chi connectivity index (χ0v) is 17.1. The first-order chi connectivity index (χ1) is 13.1. The Morgan fingerprint density at radius 2 is 1.52 bits per heavy atom. The van der Waals surface area contributed by atoms with Gasteiger partial charge >= 0.3 is 0 Å². The molecule has 0 bridgehead atoms. The monoisotopic (exact) mass is 393 g/mol. The average Bonchev–Trinajstić information content (AvgIpc) is 2.66. The van der Waals surface area contributed by atoms with Crippen molar-refractivity contribution < 1.29 is 9.59 Å². The highest BCUT2D eigenvalue weighted by atomic mass is 35.5. The molecule has 0 aliphatic rings. The maximum Gasteiger partial charge on any atom is 0.259 e. The molecule has 0 saturated heterocycles. The standard InChI is InChI=1S/C21H32ClN3O2/c1-2-3-4-5-6-7-8-9-10-11-20(26)23-17-21(27)25-24-16-18-12-14-19(22)15-13-18/h12-16H,2-11,17H2,1H3,(H,23,26)(H,25,27). The molecule has 1 aromatic rings. The van der Waals surface area contributed by atoms with E-state index >= 15 is 0 Å². The Morgan fingerprint density at radius 1 is 0.926 bits per heavy atom. The van der Waals surface area contributed by atoms with E-state index < -0.39 is 0 Å². The number of nitrogens with zero attached hydrogens (tertiary/aromatic N) is 1. The minimum atomic E-state index is -0.347. The second kappa shape index (κ2) is 15.2. The number of hydrogen-bond acceptors (Lipinski definition) is 3. The van der Waals surface area contributed by atoms with Gasteiger partial charge in [0.15, 0.2) is 0 Å². The van der Waals surface area contributed by atoms with Crippen molar-refractivity contribution >= 4 is 29.6 Å². The number of nitrogens with one attached hydrogen (secondary N) is 2. The summed E-state index contributed by atoms with van der Waals surface area (Å²) in [5.41, 5.74) is 3.22. The highest BCUT2D eigenvalue weighted by Gasteiger charge is 2.04. The molecule has 0 spiro atoms. The molecule has 0 aromatic heterocycles. The summed E-state index contributed by atoms with van der Waals surface area (Å²) in [4.78, 5) is 23.4. The van der Waals surface area contributed by atoms with Crippen LogP contribution < -0.4 is 10.7 Å². The van der Waals surface area contributed by atoms with Crippen molar-refractivity contribution in [1.82, 2.24) is 10.7 Å². The first-order valence-corrected chi connectivity index (χ1v) is 10.3. The zero-order valence-electron chi connectivity index (χ0n) is 16.3. The summed E-state index contributed by atoms with van der Waals surface area (Å²) in [5.74, 6) is -0.435. The van der Waals surface area contributed by atoms with E-state index in [9.17, 15) is 9.59 Å². The Kier molecular flexibility index (Phi) is 13.0. The fourth-order valence-electron chi connectivity index (χ4n) is 2.63. The summed E-state index contributed by atoms with van der Waals surface area (Å²) >= 11 is 5.80. The Labute approximate surface area is 167 Å². The van der Waals surface area contributed by atoms with Crippen LogP contribution >= 0.6 is 11.6 Å². The third-order valence-electron chi connectivity index (χ3n) is 4.23. The van der Waals surface area contributed by atoms with Gasteiger partial charge in [0.1, 0.15) is 0 Å². The molecule has 2 amide bonds. The predicted molar refractivity (Wildman–Crippen MR) is 112 cm³/mol. The highest BCUT2D eigenvalue weighted by molar-refractivity contribution is 6.30. The molecule has 0 atom stereocenters. The first-order valence-electron chi connectivity index (χ1n) is 9.96. The average molecular weight is 394 g/mol. The van der Waals surface area contributed by atoms with Crippen LogP contribution in [0.5, 0.6) is 0 Å². The number of carbonyl (C=O) groups is 2. The SMILES string of the molecule is CCCCCCCCCCCC(=O)NCC(=O)NN=Cc1ccc(Cl)cc1. The minimum Gasteiger partial charge on any atom is -0.347 e. The molecule has 6 heteroatoms. The highest BCUT2D eigenvalue weighted by Crippen LogP contribution is 2.10. The lowest BCUT2D eigenvalue weighted by molar-refractivity contribution is -0.126. The van der Waals surface area contributed by atoms with Crippen molar-refractivity contribution in [3.63, 3.8) is 0 Å². The largest absolute Gasteiger partial charge is 0.347 e. The summed E-state index contributed by atoms with van der Waals surface area (Å²) in [6.45, 7) is 2.16. The Bertz CT molecular complexity index is 573. The van der Waals surface area contributed by atoms with Crippen molar-refractivity contribution in [2.45, 2.75) is 71.1 Å². The smallest absolute Gasteiger partial charge is 0.259 e. The number of halogens is 1. The fourth-order valence-corrected chi connectivity index (χ4v) is 2.76. The number of amides is 2. The number of rotatable bonds is 14. The summed E-state index contributed by atoms with van der Waals surface area (Å²) in [7, 11) is 0. The van der Waals surface area contributed by atoms with Gasteiger partial charge in [0.2, 0.25) is 5.91 Å². The molecule has 150 valence electrons. The Morgan fingerprint density at radius 3 is 2.15 bits per heavy atom. The fraction of sp³-hybridized carbons (Fsp3) is 0.571. The Hall–Kier alpha value is -1.88. The molecule has 0 fully saturated rings. The number of hydrazone groups is 1. The van der Waals surface area contributed by atoms with Crippen molar-refractivity contribution in [3.05, 3.63) is 34.9 Å². The zero-order chi connectivity index (χ0) is 19.7. The number of carbonyl (C=O) groups excluding carboxylic acids is 2. The number of hydrogen-bond donors (Lipinski definition) is 2. The lowest BCUT2D eigenvalue weighted by Crippen LogP contribution is -2.34. The van der Waals surface area contributed by atoms with Gasteiger partial charge in [-0.25, -0.2) is 5.43 Å². The lowest BCUT2D eigenvalue weighted by atomic mass is 10.1. The van der Waals surface area contributed by atoms with Crippen LogP contribution in [0.2, 0.25) is 5.02 Å². The van der Waals surface area contributed by atoms with Crippen molar-refractivity contribution in [2.75, 3.05) is 6.54 Å². The van der Waals surface area contributed by atoms with Gasteiger partial charge in [0.25, 0.3) is 5.91 Å². The summed E-state index contributed by atoms with van der Waals surface area (Å²) in [6, 6.07) is 7.09. The van der Waals surface area contributed by atoms with Crippen LogP contribution in [0.15, 0.2) is 29.4 Å². The van der Waals surface area contributed by atoms with E-state index in [1.54, 1.807) is 24.3 Å². The lowest BCUT2D eigenvalue weighted by Gasteiger charge is -2.04. The molecule has 0 aliphatic heterocycles. The van der Waals surface area contributed by atoms with E-state index in [1.165, 1.54) is 51.2 Å². The van der Waals surface area contributed by atoms with Crippen LogP contribution in [0.3, 0.4) is 0 Å². The molecule has 1 rings (SSSR count). The van der Waals surface area contributed by atoms with Gasteiger partial charge in [-0.2, -0.15) is 5.10 Å². The second-order valence-corrected chi connectivity index (χ2v) is 7.14. The van der Waals surface area contributed by atoms with E-state index in [4.69, 9.17) is 11.6 Å². The van der Waals surface area contributed by atoms with Gasteiger partial charge in [-0.15, -0.1) is 0 Å². The summed E-state index contributed by atoms with van der Waals surface area (Å²) in [6.07, 6.45) is 12.9. The van der Waals surface area contributed by atoms with Crippen LogP contribution in [0, 0.1) is 0 Å². The van der Waals surface area contributed by atoms with E-state index in [0.717, 1.165) is 18.4 Å². The summed E-state index contributed by atoms with van der Waals surface area (Å²) in [5, 5.41) is 7.12. The van der Waals surface area contributed by atoms with E-state index in [-0.39, 0.29) is 18.4 Å². The van der Waals surface area contributed by atoms with E-state index in [2.05, 4.69) is 22.8 Å². The van der Waals surface area contributed by atoms with Gasteiger partial charge in [-0.3, -0.25) is 9.59 Å². The van der Waals surface area contributed by atoms with Crippen molar-refractivity contribution in [1.29, 1.82) is 0 Å². The van der Waals surface area contributed by atoms with Crippen molar-refractivity contribution in [2.24, 2.45) is 5.10 Å². The van der Waals surface area contributed by atoms with Gasteiger partial charge in [-0.05, 0) is 24.1 Å². The normalized spacial score (nSPS) is 10.9. The van der Waals surface area contributed by atoms with Gasteiger partial charge in [-0.1, -0.05) is 82.0 Å². The maximum absolute atomic E-state index is 11.7. The van der Waals surface area contributed by atoms with Gasteiger partial charge in [0.05, 0.1) is 12.8 Å². The minimum absolute atomic E-state index is 0.0613. The summed E-state index contributed by atoms with van der Waals surface area (Å²) < 4.78 is 0. The van der Waals surface area contributed by atoms with Crippen LogP contribution in [0.4, 0.5) is 0 Å². The van der Waals surface area contributed by atoms with Crippen LogP contribution in [-0.4, -0.2) is 24.6 Å². The third kappa shape index (κ3) is 13.0. The molecule has 0 saturated carbocycles. The molecular formula is C21H32ClN3O2. The topological polar surface area (TPSA) is 70.6 Å². The van der Waals surface area contributed by atoms with Crippen LogP contribution in [-0.2, 0) is 9.59 Å². The maximum atomic E-state index is 11.7. The third-order valence-corrected chi connectivity index (χ3v) is 4.48. The molecule has 2 N–H and O–H groups in total. The molecule has 1 aromatic carbocycles. The molecule has 5 nitrogen and oxygen atoms in total. The Balaban J connectivity index is 2.00. The molecule has 27 heavy (non-hydrogen) atoms. The van der Waals surface area contributed by atoms with Gasteiger partial charge in [0, 0.05) is 11.4 Å². The second-order valence-electron chi connectivity index (χ2n) is 6.70. The molecule has 0 aliphatic carbocycles. The van der Waals surface area contributed by atoms with Gasteiger partial charge < -0.3 is 5.32 Å². The van der Waals surface area contributed by atoms with E-state index in [1.807, 2.05) is 0 Å². The van der Waals surface area contributed by atoms with Crippen molar-refractivity contribution in [3.8, 4) is 0 Å².